The Balaban J connectivity index is 2.36. The van der Waals surface area contributed by atoms with Crippen LogP contribution in [-0.4, -0.2) is 36.6 Å². The molecule has 0 saturated carbocycles. The van der Waals surface area contributed by atoms with Gasteiger partial charge < -0.3 is 5.32 Å². The van der Waals surface area contributed by atoms with Crippen molar-refractivity contribution in [3.8, 4) is 6.07 Å². The van der Waals surface area contributed by atoms with Crippen LogP contribution in [0.3, 0.4) is 0 Å². The molecule has 3 heteroatoms. The van der Waals surface area contributed by atoms with E-state index in [2.05, 4.69) is 30.1 Å². The number of nitrogens with zero attached hydrogens (tertiary/aromatic N) is 2. The van der Waals surface area contributed by atoms with Crippen molar-refractivity contribution in [3.05, 3.63) is 0 Å². The minimum Gasteiger partial charge on any atom is -0.310 e. The molecule has 0 aromatic rings. The second-order valence-corrected chi connectivity index (χ2v) is 3.60. The highest BCUT2D eigenvalue weighted by Crippen LogP contribution is 2.05. The molecule has 0 amide bonds. The van der Waals surface area contributed by atoms with Crippen LogP contribution in [0, 0.1) is 11.3 Å². The fourth-order valence-corrected chi connectivity index (χ4v) is 1.57. The van der Waals surface area contributed by atoms with E-state index in [1.165, 1.54) is 0 Å². The lowest BCUT2D eigenvalue weighted by molar-refractivity contribution is 0.163. The second kappa shape index (κ2) is 4.44. The molecule has 3 nitrogen and oxygen atoms in total. The molecule has 1 fully saturated rings. The molecular weight excluding hydrogens is 150 g/mol. The third-order valence-electron chi connectivity index (χ3n) is 2.35. The van der Waals surface area contributed by atoms with Crippen molar-refractivity contribution in [1.29, 1.82) is 5.26 Å². The summed E-state index contributed by atoms with van der Waals surface area (Å²) in [5.41, 5.74) is 0. The third-order valence-corrected chi connectivity index (χ3v) is 2.35. The van der Waals surface area contributed by atoms with Crippen LogP contribution < -0.4 is 5.32 Å². The monoisotopic (exact) mass is 167 g/mol. The lowest BCUT2D eigenvalue weighted by Gasteiger charge is -2.35. The Morgan fingerprint density at radius 3 is 3.00 bits per heavy atom. The van der Waals surface area contributed by atoms with Crippen molar-refractivity contribution >= 4 is 0 Å². The standard InChI is InChI=1S/C9H17N3/c1-8(2)12-6-5-11-9(7-12)3-4-10/h8-9,11H,3,5-7H2,1-2H3/t9-/m0/s1. The lowest BCUT2D eigenvalue weighted by atomic mass is 10.1. The number of nitriles is 1. The van der Waals surface area contributed by atoms with E-state index in [4.69, 9.17) is 5.26 Å². The summed E-state index contributed by atoms with van der Waals surface area (Å²) < 4.78 is 0. The van der Waals surface area contributed by atoms with Gasteiger partial charge in [-0.05, 0) is 13.8 Å². The van der Waals surface area contributed by atoms with Crippen molar-refractivity contribution in [3.63, 3.8) is 0 Å². The first kappa shape index (κ1) is 9.50. The van der Waals surface area contributed by atoms with Crippen LogP contribution in [-0.2, 0) is 0 Å². The zero-order valence-corrected chi connectivity index (χ0v) is 7.88. The van der Waals surface area contributed by atoms with Crippen LogP contribution in [0.4, 0.5) is 0 Å². The average Bonchev–Trinajstić information content (AvgIpc) is 2.05. The smallest absolute Gasteiger partial charge is 0.0638 e. The van der Waals surface area contributed by atoms with Crippen molar-refractivity contribution in [2.75, 3.05) is 19.6 Å². The van der Waals surface area contributed by atoms with Crippen molar-refractivity contribution in [1.82, 2.24) is 10.2 Å². The lowest BCUT2D eigenvalue weighted by Crippen LogP contribution is -2.52. The molecule has 68 valence electrons. The van der Waals surface area contributed by atoms with Crippen LogP contribution >= 0.6 is 0 Å². The van der Waals surface area contributed by atoms with Crippen molar-refractivity contribution < 1.29 is 0 Å². The van der Waals surface area contributed by atoms with Gasteiger partial charge in [0.25, 0.3) is 0 Å². The number of hydrogen-bond acceptors (Lipinski definition) is 3. The van der Waals surface area contributed by atoms with Crippen LogP contribution in [0.15, 0.2) is 0 Å². The van der Waals surface area contributed by atoms with Gasteiger partial charge in [0.15, 0.2) is 0 Å². The first-order valence-corrected chi connectivity index (χ1v) is 4.58. The minimum atomic E-state index is 0.381. The number of hydrogen-bond donors (Lipinski definition) is 1. The topological polar surface area (TPSA) is 39.1 Å². The highest BCUT2D eigenvalue weighted by molar-refractivity contribution is 4.87. The van der Waals surface area contributed by atoms with Gasteiger partial charge in [0.2, 0.25) is 0 Å². The van der Waals surface area contributed by atoms with E-state index >= 15 is 0 Å². The van der Waals surface area contributed by atoms with Crippen molar-refractivity contribution in [2.45, 2.75) is 32.4 Å². The highest BCUT2D eigenvalue weighted by Gasteiger charge is 2.20. The molecule has 1 atom stereocenters. The maximum absolute atomic E-state index is 8.53. The Hall–Kier alpha value is -0.590. The minimum absolute atomic E-state index is 0.381. The summed E-state index contributed by atoms with van der Waals surface area (Å²) in [5, 5.41) is 11.9. The zero-order chi connectivity index (χ0) is 8.97. The summed E-state index contributed by atoms with van der Waals surface area (Å²) in [6.07, 6.45) is 0.628. The molecule has 1 N–H and O–H groups in total. The van der Waals surface area contributed by atoms with Gasteiger partial charge in [0, 0.05) is 31.7 Å². The van der Waals surface area contributed by atoms with E-state index in [1.807, 2.05) is 0 Å². The highest BCUT2D eigenvalue weighted by atomic mass is 15.2. The van der Waals surface area contributed by atoms with Crippen molar-refractivity contribution in [2.24, 2.45) is 0 Å². The summed E-state index contributed by atoms with van der Waals surface area (Å²) in [6.45, 7) is 7.55. The maximum atomic E-state index is 8.53. The Labute approximate surface area is 74.4 Å². The van der Waals surface area contributed by atoms with E-state index in [9.17, 15) is 0 Å². The molecule has 0 unspecified atom stereocenters. The maximum Gasteiger partial charge on any atom is 0.0638 e. The SMILES string of the molecule is CC(C)N1CCN[C@@H](CC#N)C1. The van der Waals surface area contributed by atoms with Gasteiger partial charge in [-0.1, -0.05) is 0 Å². The normalized spacial score (nSPS) is 25.7. The van der Waals surface area contributed by atoms with Gasteiger partial charge in [0.05, 0.1) is 12.5 Å². The predicted molar refractivity (Wildman–Crippen MR) is 48.7 cm³/mol. The molecule has 1 heterocycles. The van der Waals surface area contributed by atoms with Gasteiger partial charge in [-0.25, -0.2) is 0 Å². The molecule has 1 aliphatic heterocycles. The molecule has 0 aromatic heterocycles. The van der Waals surface area contributed by atoms with Gasteiger partial charge in [-0.2, -0.15) is 5.26 Å². The molecule has 0 aromatic carbocycles. The Bertz CT molecular complexity index is 171. The Kier molecular flexibility index (Phi) is 3.51. The van der Waals surface area contributed by atoms with Crippen LogP contribution in [0.5, 0.6) is 0 Å². The molecule has 0 aliphatic carbocycles. The number of nitrogens with one attached hydrogen (secondary N) is 1. The quantitative estimate of drug-likeness (QED) is 0.654. The van der Waals surface area contributed by atoms with Gasteiger partial charge in [-0.3, -0.25) is 4.90 Å². The van der Waals surface area contributed by atoms with E-state index in [-0.39, 0.29) is 0 Å². The number of piperazine rings is 1. The summed E-state index contributed by atoms with van der Waals surface area (Å²) in [4.78, 5) is 2.42. The fraction of sp³-hybridized carbons (Fsp3) is 0.889. The summed E-state index contributed by atoms with van der Waals surface area (Å²) >= 11 is 0. The molecule has 1 rings (SSSR count). The second-order valence-electron chi connectivity index (χ2n) is 3.60. The van der Waals surface area contributed by atoms with E-state index < -0.39 is 0 Å². The molecule has 0 bridgehead atoms. The first-order chi connectivity index (χ1) is 5.74. The predicted octanol–water partition coefficient (Wildman–Crippen LogP) is 0.582. The largest absolute Gasteiger partial charge is 0.310 e. The number of rotatable bonds is 2. The van der Waals surface area contributed by atoms with Crippen LogP contribution in [0.1, 0.15) is 20.3 Å². The average molecular weight is 167 g/mol. The van der Waals surface area contributed by atoms with E-state index in [0.29, 0.717) is 18.5 Å². The van der Waals surface area contributed by atoms with Crippen LogP contribution in [0.25, 0.3) is 0 Å². The molecule has 12 heavy (non-hydrogen) atoms. The summed E-state index contributed by atoms with van der Waals surface area (Å²) in [7, 11) is 0. The summed E-state index contributed by atoms with van der Waals surface area (Å²) in [6, 6.07) is 3.19. The fourth-order valence-electron chi connectivity index (χ4n) is 1.57. The molecule has 1 aliphatic rings. The molecule has 0 radical (unpaired) electrons. The van der Waals surface area contributed by atoms with Gasteiger partial charge in [-0.15, -0.1) is 0 Å². The van der Waals surface area contributed by atoms with E-state index in [1.54, 1.807) is 0 Å². The van der Waals surface area contributed by atoms with E-state index in [0.717, 1.165) is 19.6 Å². The summed E-state index contributed by atoms with van der Waals surface area (Å²) in [5.74, 6) is 0. The molecule has 0 spiro atoms. The molecule has 1 saturated heterocycles. The Morgan fingerprint density at radius 2 is 2.42 bits per heavy atom. The third kappa shape index (κ3) is 2.47. The molecular formula is C9H17N3. The zero-order valence-electron chi connectivity index (χ0n) is 7.88. The first-order valence-electron chi connectivity index (χ1n) is 4.58. The van der Waals surface area contributed by atoms with Crippen LogP contribution in [0.2, 0.25) is 0 Å². The Morgan fingerprint density at radius 1 is 1.67 bits per heavy atom. The van der Waals surface area contributed by atoms with Gasteiger partial charge in [0.1, 0.15) is 0 Å². The van der Waals surface area contributed by atoms with Gasteiger partial charge >= 0.3 is 0 Å².